The number of fused-ring (bicyclic) bond motifs is 6. The summed E-state index contributed by atoms with van der Waals surface area (Å²) >= 11 is 0. The van der Waals surface area contributed by atoms with E-state index >= 15 is 0 Å². The summed E-state index contributed by atoms with van der Waals surface area (Å²) in [5.74, 6) is 1.85. The van der Waals surface area contributed by atoms with Crippen molar-refractivity contribution in [3.05, 3.63) is 145 Å². The molecule has 0 spiro atoms. The van der Waals surface area contributed by atoms with Gasteiger partial charge in [-0.25, -0.2) is 15.0 Å². The molecule has 3 aromatic heterocycles. The molecule has 0 aliphatic rings. The summed E-state index contributed by atoms with van der Waals surface area (Å²) in [5, 5.41) is 4.45. The molecule has 0 fully saturated rings. The molecule has 0 radical (unpaired) electrons. The Kier molecular flexibility index (Phi) is 5.65. The first-order chi connectivity index (χ1) is 22.2. The summed E-state index contributed by atoms with van der Waals surface area (Å²) in [4.78, 5) is 15.3. The number of aromatic nitrogens is 4. The Labute approximate surface area is 259 Å². The molecular formula is C40H26N4O. The number of hydrogen-bond acceptors (Lipinski definition) is 4. The van der Waals surface area contributed by atoms with Crippen LogP contribution in [0.2, 0.25) is 0 Å². The summed E-state index contributed by atoms with van der Waals surface area (Å²) in [6, 6.07) is 48.0. The minimum Gasteiger partial charge on any atom is -0.456 e. The lowest BCUT2D eigenvalue weighted by Crippen LogP contribution is -2.00. The third-order valence-electron chi connectivity index (χ3n) is 8.51. The second-order valence-electron chi connectivity index (χ2n) is 11.4. The summed E-state index contributed by atoms with van der Waals surface area (Å²) in [5.41, 5.74) is 8.96. The largest absolute Gasteiger partial charge is 0.456 e. The summed E-state index contributed by atoms with van der Waals surface area (Å²) in [6.07, 6.45) is 0. The Morgan fingerprint density at radius 2 is 1.20 bits per heavy atom. The van der Waals surface area contributed by atoms with E-state index in [9.17, 15) is 0 Å². The van der Waals surface area contributed by atoms with Crippen molar-refractivity contribution in [1.29, 1.82) is 0 Å². The lowest BCUT2D eigenvalue weighted by molar-refractivity contribution is 0.669. The van der Waals surface area contributed by atoms with Crippen LogP contribution in [0.3, 0.4) is 0 Å². The van der Waals surface area contributed by atoms with Crippen LogP contribution in [0.1, 0.15) is 5.56 Å². The first-order valence-electron chi connectivity index (χ1n) is 15.0. The van der Waals surface area contributed by atoms with E-state index in [2.05, 4.69) is 96.4 Å². The van der Waals surface area contributed by atoms with Crippen molar-refractivity contribution in [1.82, 2.24) is 19.5 Å². The van der Waals surface area contributed by atoms with Gasteiger partial charge < -0.3 is 8.98 Å². The second-order valence-corrected chi connectivity index (χ2v) is 11.4. The minimum absolute atomic E-state index is 0.609. The maximum atomic E-state index is 6.26. The SMILES string of the molecule is Cc1ccc2oc3cccc(-c4nc(-c5ccccc5)nc(-c5ccc6c7ccccc7n(-c7ccccc7)c6c5)n4)c3c2c1. The highest BCUT2D eigenvalue weighted by Gasteiger charge is 2.19. The molecular weight excluding hydrogens is 552 g/mol. The zero-order chi connectivity index (χ0) is 29.9. The molecule has 0 aliphatic heterocycles. The van der Waals surface area contributed by atoms with Crippen LogP contribution in [0.4, 0.5) is 0 Å². The monoisotopic (exact) mass is 578 g/mol. The number of benzene rings is 6. The third kappa shape index (κ3) is 4.13. The van der Waals surface area contributed by atoms with E-state index < -0.39 is 0 Å². The quantitative estimate of drug-likeness (QED) is 0.208. The molecule has 0 saturated carbocycles. The lowest BCUT2D eigenvalue weighted by Gasteiger charge is -2.11. The van der Waals surface area contributed by atoms with Gasteiger partial charge in [-0.2, -0.15) is 0 Å². The van der Waals surface area contributed by atoms with Crippen molar-refractivity contribution >= 4 is 43.7 Å². The van der Waals surface area contributed by atoms with Crippen molar-refractivity contribution in [2.75, 3.05) is 0 Å². The Balaban J connectivity index is 1.32. The highest BCUT2D eigenvalue weighted by atomic mass is 16.3. The smallest absolute Gasteiger partial charge is 0.164 e. The van der Waals surface area contributed by atoms with Crippen molar-refractivity contribution in [3.63, 3.8) is 0 Å². The number of para-hydroxylation sites is 2. The van der Waals surface area contributed by atoms with E-state index in [1.54, 1.807) is 0 Å². The van der Waals surface area contributed by atoms with E-state index in [1.807, 2.05) is 54.6 Å². The summed E-state index contributed by atoms with van der Waals surface area (Å²) in [6.45, 7) is 2.10. The lowest BCUT2D eigenvalue weighted by atomic mass is 10.0. The van der Waals surface area contributed by atoms with Gasteiger partial charge in [-0.1, -0.05) is 103 Å². The minimum atomic E-state index is 0.609. The van der Waals surface area contributed by atoms with Crippen LogP contribution in [0.15, 0.2) is 144 Å². The molecule has 0 saturated heterocycles. The molecule has 0 amide bonds. The Morgan fingerprint density at radius 1 is 0.489 bits per heavy atom. The highest BCUT2D eigenvalue weighted by molar-refractivity contribution is 6.12. The number of furan rings is 1. The molecule has 5 heteroatoms. The zero-order valence-electron chi connectivity index (χ0n) is 24.5. The van der Waals surface area contributed by atoms with Gasteiger partial charge in [-0.05, 0) is 49.4 Å². The van der Waals surface area contributed by atoms with Gasteiger partial charge in [0.15, 0.2) is 17.5 Å². The van der Waals surface area contributed by atoms with Crippen LogP contribution in [-0.2, 0) is 0 Å². The molecule has 9 rings (SSSR count). The molecule has 45 heavy (non-hydrogen) atoms. The van der Waals surface area contributed by atoms with Crippen molar-refractivity contribution < 1.29 is 4.42 Å². The van der Waals surface area contributed by atoms with Crippen LogP contribution < -0.4 is 0 Å². The molecule has 6 aromatic carbocycles. The van der Waals surface area contributed by atoms with Crippen molar-refractivity contribution in [2.24, 2.45) is 0 Å². The maximum absolute atomic E-state index is 6.26. The molecule has 0 bridgehead atoms. The van der Waals surface area contributed by atoms with Gasteiger partial charge in [0, 0.05) is 43.9 Å². The zero-order valence-corrected chi connectivity index (χ0v) is 24.5. The van der Waals surface area contributed by atoms with Gasteiger partial charge in [-0.3, -0.25) is 0 Å². The summed E-state index contributed by atoms with van der Waals surface area (Å²) in [7, 11) is 0. The number of rotatable bonds is 4. The predicted molar refractivity (Wildman–Crippen MR) is 182 cm³/mol. The summed E-state index contributed by atoms with van der Waals surface area (Å²) < 4.78 is 8.57. The standard InChI is InChI=1S/C40H26N4O/c1-25-19-22-35-32(23-25)37-31(16-10-18-36(37)45-35)40-42-38(26-11-4-2-5-12-26)41-39(43-40)27-20-21-30-29-15-8-9-17-33(29)44(34(30)24-27)28-13-6-3-7-14-28/h2-24H,1H3. The topological polar surface area (TPSA) is 56.7 Å². The van der Waals surface area contributed by atoms with Gasteiger partial charge in [0.05, 0.1) is 11.0 Å². The van der Waals surface area contributed by atoms with Gasteiger partial charge in [0.2, 0.25) is 0 Å². The third-order valence-corrected chi connectivity index (χ3v) is 8.51. The molecule has 0 aliphatic carbocycles. The molecule has 212 valence electrons. The van der Waals surface area contributed by atoms with Gasteiger partial charge >= 0.3 is 0 Å². The van der Waals surface area contributed by atoms with Gasteiger partial charge in [0.1, 0.15) is 11.2 Å². The van der Waals surface area contributed by atoms with E-state index in [4.69, 9.17) is 19.4 Å². The van der Waals surface area contributed by atoms with E-state index in [0.717, 1.165) is 55.3 Å². The van der Waals surface area contributed by atoms with Gasteiger partial charge in [0.25, 0.3) is 0 Å². The fourth-order valence-corrected chi connectivity index (χ4v) is 6.43. The fraction of sp³-hybridized carbons (Fsp3) is 0.0250. The number of aryl methyl sites for hydroxylation is 1. The predicted octanol–water partition coefficient (Wildman–Crippen LogP) is 10.2. The van der Waals surface area contributed by atoms with Crippen LogP contribution >= 0.6 is 0 Å². The molecule has 5 nitrogen and oxygen atoms in total. The molecule has 3 heterocycles. The average Bonchev–Trinajstić information content (AvgIpc) is 3.64. The first-order valence-corrected chi connectivity index (χ1v) is 15.0. The normalized spacial score (nSPS) is 11.7. The van der Waals surface area contributed by atoms with E-state index in [1.165, 1.54) is 16.3 Å². The Morgan fingerprint density at radius 3 is 2.04 bits per heavy atom. The molecule has 0 unspecified atom stereocenters. The average molecular weight is 579 g/mol. The van der Waals surface area contributed by atoms with Crippen LogP contribution in [0.25, 0.3) is 83.6 Å². The van der Waals surface area contributed by atoms with Crippen LogP contribution in [-0.4, -0.2) is 19.5 Å². The van der Waals surface area contributed by atoms with E-state index in [-0.39, 0.29) is 0 Å². The fourth-order valence-electron chi connectivity index (χ4n) is 6.43. The Hall–Kier alpha value is -6.07. The number of nitrogens with zero attached hydrogens (tertiary/aromatic N) is 4. The van der Waals surface area contributed by atoms with Gasteiger partial charge in [-0.15, -0.1) is 0 Å². The van der Waals surface area contributed by atoms with Crippen molar-refractivity contribution in [3.8, 4) is 39.9 Å². The second kappa shape index (κ2) is 10.00. The first kappa shape index (κ1) is 25.4. The van der Waals surface area contributed by atoms with Crippen LogP contribution in [0, 0.1) is 6.92 Å². The maximum Gasteiger partial charge on any atom is 0.164 e. The van der Waals surface area contributed by atoms with Crippen LogP contribution in [0.5, 0.6) is 0 Å². The Bertz CT molecular complexity index is 2550. The molecule has 9 aromatic rings. The van der Waals surface area contributed by atoms with E-state index in [0.29, 0.717) is 17.5 Å². The van der Waals surface area contributed by atoms with Crippen molar-refractivity contribution in [2.45, 2.75) is 6.92 Å². The molecule has 0 N–H and O–H groups in total. The highest BCUT2D eigenvalue weighted by Crippen LogP contribution is 2.38. The molecule has 0 atom stereocenters. The number of hydrogen-bond donors (Lipinski definition) is 0.